The molecule has 0 aromatic carbocycles. The highest BCUT2D eigenvalue weighted by atomic mass is 16.3. The van der Waals surface area contributed by atoms with Crippen molar-refractivity contribution in [1.82, 2.24) is 4.90 Å². The molecule has 12 heavy (non-hydrogen) atoms. The summed E-state index contributed by atoms with van der Waals surface area (Å²) in [4.78, 5) is 2.21. The van der Waals surface area contributed by atoms with E-state index in [0.717, 1.165) is 38.9 Å². The van der Waals surface area contributed by atoms with Gasteiger partial charge in [0.15, 0.2) is 0 Å². The number of likely N-dealkylation sites (tertiary alicyclic amines) is 1. The molecule has 2 atom stereocenters. The summed E-state index contributed by atoms with van der Waals surface area (Å²) in [5, 5.41) is 18.5. The fourth-order valence-electron chi connectivity index (χ4n) is 1.55. The monoisotopic (exact) mass is 173 g/mol. The van der Waals surface area contributed by atoms with Crippen molar-refractivity contribution in [3.8, 4) is 0 Å². The Morgan fingerprint density at radius 3 is 2.83 bits per heavy atom. The molecule has 0 saturated carbocycles. The first kappa shape index (κ1) is 9.96. The predicted molar refractivity (Wildman–Crippen MR) is 48.0 cm³/mol. The molecule has 3 nitrogen and oxygen atoms in total. The van der Waals surface area contributed by atoms with E-state index in [1.807, 2.05) is 6.92 Å². The molecule has 1 aliphatic heterocycles. The van der Waals surface area contributed by atoms with Crippen LogP contribution in [0.1, 0.15) is 26.2 Å². The Hall–Kier alpha value is -0.120. The van der Waals surface area contributed by atoms with Gasteiger partial charge in [-0.05, 0) is 19.3 Å². The van der Waals surface area contributed by atoms with Gasteiger partial charge >= 0.3 is 0 Å². The van der Waals surface area contributed by atoms with E-state index < -0.39 is 0 Å². The molecule has 1 rings (SSSR count). The molecular formula is C9H19NO2. The fourth-order valence-corrected chi connectivity index (χ4v) is 1.55. The van der Waals surface area contributed by atoms with Gasteiger partial charge in [0, 0.05) is 19.6 Å². The second-order valence-electron chi connectivity index (χ2n) is 3.59. The Balaban J connectivity index is 2.07. The van der Waals surface area contributed by atoms with E-state index in [2.05, 4.69) is 4.90 Å². The van der Waals surface area contributed by atoms with Gasteiger partial charge in [0.1, 0.15) is 0 Å². The number of nitrogens with zero attached hydrogens (tertiary/aromatic N) is 1. The van der Waals surface area contributed by atoms with E-state index in [9.17, 15) is 10.2 Å². The van der Waals surface area contributed by atoms with Crippen LogP contribution in [0.5, 0.6) is 0 Å². The summed E-state index contributed by atoms with van der Waals surface area (Å²) in [6, 6.07) is 0. The van der Waals surface area contributed by atoms with Crippen LogP contribution >= 0.6 is 0 Å². The topological polar surface area (TPSA) is 43.7 Å². The van der Waals surface area contributed by atoms with Crippen molar-refractivity contribution in [2.45, 2.75) is 38.4 Å². The van der Waals surface area contributed by atoms with E-state index in [-0.39, 0.29) is 12.2 Å². The summed E-state index contributed by atoms with van der Waals surface area (Å²) < 4.78 is 0. The third-order valence-electron chi connectivity index (χ3n) is 2.50. The Morgan fingerprint density at radius 1 is 1.58 bits per heavy atom. The maximum absolute atomic E-state index is 9.29. The van der Waals surface area contributed by atoms with Crippen molar-refractivity contribution in [2.24, 2.45) is 0 Å². The van der Waals surface area contributed by atoms with Crippen LogP contribution in [0, 0.1) is 0 Å². The average molecular weight is 173 g/mol. The first-order chi connectivity index (χ1) is 5.72. The maximum Gasteiger partial charge on any atom is 0.0679 e. The van der Waals surface area contributed by atoms with Gasteiger partial charge in [0.25, 0.3) is 0 Å². The zero-order valence-electron chi connectivity index (χ0n) is 7.74. The summed E-state index contributed by atoms with van der Waals surface area (Å²) in [6.45, 7) is 4.68. The molecular weight excluding hydrogens is 154 g/mol. The molecule has 1 heterocycles. The Kier molecular flexibility index (Phi) is 3.98. The minimum Gasteiger partial charge on any atom is -0.393 e. The van der Waals surface area contributed by atoms with E-state index in [4.69, 9.17) is 0 Å². The van der Waals surface area contributed by atoms with Gasteiger partial charge in [0.2, 0.25) is 0 Å². The molecule has 0 aliphatic carbocycles. The minimum atomic E-state index is -0.164. The normalized spacial score (nSPS) is 27.8. The highest BCUT2D eigenvalue weighted by Gasteiger charge is 2.19. The van der Waals surface area contributed by atoms with Crippen molar-refractivity contribution >= 4 is 0 Å². The van der Waals surface area contributed by atoms with Crippen LogP contribution in [0.15, 0.2) is 0 Å². The molecule has 0 aromatic rings. The molecule has 1 fully saturated rings. The van der Waals surface area contributed by atoms with Gasteiger partial charge in [-0.3, -0.25) is 0 Å². The molecule has 0 amide bonds. The molecule has 1 saturated heterocycles. The quantitative estimate of drug-likeness (QED) is 0.639. The van der Waals surface area contributed by atoms with Gasteiger partial charge in [-0.2, -0.15) is 0 Å². The van der Waals surface area contributed by atoms with Gasteiger partial charge in [-0.1, -0.05) is 6.92 Å². The van der Waals surface area contributed by atoms with Crippen LogP contribution in [0.4, 0.5) is 0 Å². The lowest BCUT2D eigenvalue weighted by Gasteiger charge is -2.16. The van der Waals surface area contributed by atoms with E-state index in [0.29, 0.717) is 0 Å². The van der Waals surface area contributed by atoms with Crippen LogP contribution < -0.4 is 0 Å². The molecule has 0 radical (unpaired) electrons. The summed E-state index contributed by atoms with van der Waals surface area (Å²) in [5.41, 5.74) is 0. The summed E-state index contributed by atoms with van der Waals surface area (Å²) in [6.07, 6.45) is 2.26. The zero-order chi connectivity index (χ0) is 8.97. The fraction of sp³-hybridized carbons (Fsp3) is 1.00. The van der Waals surface area contributed by atoms with Crippen LogP contribution in [0.2, 0.25) is 0 Å². The first-order valence-corrected chi connectivity index (χ1v) is 4.81. The number of hydrogen-bond donors (Lipinski definition) is 2. The third kappa shape index (κ3) is 3.09. The third-order valence-corrected chi connectivity index (χ3v) is 2.50. The van der Waals surface area contributed by atoms with E-state index in [1.54, 1.807) is 0 Å². The summed E-state index contributed by atoms with van der Waals surface area (Å²) in [7, 11) is 0. The van der Waals surface area contributed by atoms with Crippen molar-refractivity contribution in [3.05, 3.63) is 0 Å². The molecule has 2 unspecified atom stereocenters. The molecule has 72 valence electrons. The molecule has 3 heteroatoms. The average Bonchev–Trinajstić information content (AvgIpc) is 2.47. The van der Waals surface area contributed by atoms with Crippen LogP contribution in [-0.2, 0) is 0 Å². The molecule has 1 aliphatic rings. The van der Waals surface area contributed by atoms with Gasteiger partial charge in [-0.15, -0.1) is 0 Å². The van der Waals surface area contributed by atoms with Crippen LogP contribution in [-0.4, -0.2) is 47.0 Å². The lowest BCUT2D eigenvalue weighted by Crippen LogP contribution is -2.25. The van der Waals surface area contributed by atoms with E-state index >= 15 is 0 Å². The van der Waals surface area contributed by atoms with Crippen molar-refractivity contribution in [2.75, 3.05) is 19.6 Å². The number of rotatable bonds is 4. The second kappa shape index (κ2) is 4.80. The SMILES string of the molecule is CCC(O)CCN1CCC(O)C1. The van der Waals surface area contributed by atoms with Crippen molar-refractivity contribution in [1.29, 1.82) is 0 Å². The first-order valence-electron chi connectivity index (χ1n) is 4.81. The molecule has 2 N–H and O–H groups in total. The van der Waals surface area contributed by atoms with Crippen LogP contribution in [0.3, 0.4) is 0 Å². The lowest BCUT2D eigenvalue weighted by molar-refractivity contribution is 0.134. The number of aliphatic hydroxyl groups is 2. The zero-order valence-corrected chi connectivity index (χ0v) is 7.74. The maximum atomic E-state index is 9.29. The predicted octanol–water partition coefficient (Wildman–Crippen LogP) is 0.214. The smallest absolute Gasteiger partial charge is 0.0679 e. The Labute approximate surface area is 74.0 Å². The lowest BCUT2D eigenvalue weighted by atomic mass is 10.2. The second-order valence-corrected chi connectivity index (χ2v) is 3.59. The van der Waals surface area contributed by atoms with Crippen molar-refractivity contribution in [3.63, 3.8) is 0 Å². The molecule has 0 bridgehead atoms. The Morgan fingerprint density at radius 2 is 2.33 bits per heavy atom. The highest BCUT2D eigenvalue weighted by Crippen LogP contribution is 2.10. The molecule has 0 aromatic heterocycles. The number of aliphatic hydroxyl groups excluding tert-OH is 2. The minimum absolute atomic E-state index is 0.135. The summed E-state index contributed by atoms with van der Waals surface area (Å²) >= 11 is 0. The number of hydrogen-bond acceptors (Lipinski definition) is 3. The standard InChI is InChI=1S/C9H19NO2/c1-2-8(11)3-5-10-6-4-9(12)7-10/h8-9,11-12H,2-7H2,1H3. The largest absolute Gasteiger partial charge is 0.393 e. The van der Waals surface area contributed by atoms with Gasteiger partial charge in [0.05, 0.1) is 12.2 Å². The van der Waals surface area contributed by atoms with Crippen LogP contribution in [0.25, 0.3) is 0 Å². The van der Waals surface area contributed by atoms with Crippen molar-refractivity contribution < 1.29 is 10.2 Å². The highest BCUT2D eigenvalue weighted by molar-refractivity contribution is 4.74. The summed E-state index contributed by atoms with van der Waals surface area (Å²) in [5.74, 6) is 0. The van der Waals surface area contributed by atoms with Gasteiger partial charge < -0.3 is 15.1 Å². The van der Waals surface area contributed by atoms with Gasteiger partial charge in [-0.25, -0.2) is 0 Å². The molecule has 0 spiro atoms. The Bertz CT molecular complexity index is 130. The number of β-amino-alcohol motifs (C(OH)–C–C–N with tert-alkyl or cyclic N) is 1. The van der Waals surface area contributed by atoms with E-state index in [1.165, 1.54) is 0 Å².